The maximum absolute atomic E-state index is 12.2. The molecule has 0 unspecified atom stereocenters. The molecular weight excluding hydrogens is 352 g/mol. The van der Waals surface area contributed by atoms with Crippen LogP contribution in [0.2, 0.25) is 0 Å². The second-order valence-corrected chi connectivity index (χ2v) is 7.25. The van der Waals surface area contributed by atoms with Crippen LogP contribution in [0.4, 0.5) is 0 Å². The van der Waals surface area contributed by atoms with E-state index in [-0.39, 0.29) is 31.1 Å². The van der Waals surface area contributed by atoms with Gasteiger partial charge in [0.25, 0.3) is 5.89 Å². The third-order valence-corrected chi connectivity index (χ3v) is 4.72. The number of thiophene rings is 1. The number of hydrogen-bond donors (Lipinski definition) is 0. The van der Waals surface area contributed by atoms with Gasteiger partial charge in [0, 0.05) is 27.3 Å². The highest BCUT2D eigenvalue weighted by Crippen LogP contribution is 2.22. The number of Topliss-reactive ketones (excluding diaryl/α,β-unsaturated/α-hetero) is 1. The van der Waals surface area contributed by atoms with Crippen LogP contribution < -0.4 is 0 Å². The molecular formula is C19H18N2O4S. The molecule has 0 aliphatic rings. The van der Waals surface area contributed by atoms with E-state index in [0.717, 1.165) is 15.3 Å². The van der Waals surface area contributed by atoms with E-state index >= 15 is 0 Å². The van der Waals surface area contributed by atoms with Crippen molar-refractivity contribution in [2.45, 2.75) is 33.3 Å². The Kier molecular flexibility index (Phi) is 5.58. The fraction of sp³-hybridized carbons (Fsp3) is 0.263. The lowest BCUT2D eigenvalue weighted by Gasteiger charge is -2.02. The SMILES string of the molecule is Cc1cc(C(=O)CCC(=O)OCc2nc(-c3ccccc3)no2)c(C)s1. The Morgan fingerprint density at radius 3 is 2.62 bits per heavy atom. The molecule has 0 saturated carbocycles. The lowest BCUT2D eigenvalue weighted by atomic mass is 10.1. The van der Waals surface area contributed by atoms with Crippen LogP contribution in [0.3, 0.4) is 0 Å². The highest BCUT2D eigenvalue weighted by Gasteiger charge is 2.15. The van der Waals surface area contributed by atoms with E-state index in [0.29, 0.717) is 11.4 Å². The monoisotopic (exact) mass is 370 g/mol. The molecule has 0 fully saturated rings. The van der Waals surface area contributed by atoms with Crippen molar-refractivity contribution in [3.05, 3.63) is 57.6 Å². The van der Waals surface area contributed by atoms with E-state index in [4.69, 9.17) is 9.26 Å². The predicted molar refractivity (Wildman–Crippen MR) is 96.9 cm³/mol. The normalized spacial score (nSPS) is 10.7. The number of ether oxygens (including phenoxy) is 1. The first kappa shape index (κ1) is 18.0. The molecule has 0 aliphatic carbocycles. The number of benzene rings is 1. The van der Waals surface area contributed by atoms with E-state index < -0.39 is 5.97 Å². The van der Waals surface area contributed by atoms with Crippen LogP contribution in [0.25, 0.3) is 11.4 Å². The zero-order valence-corrected chi connectivity index (χ0v) is 15.3. The molecule has 7 heteroatoms. The van der Waals surface area contributed by atoms with Crippen LogP contribution in [0, 0.1) is 13.8 Å². The quantitative estimate of drug-likeness (QED) is 0.459. The van der Waals surface area contributed by atoms with Crippen molar-refractivity contribution in [3.63, 3.8) is 0 Å². The van der Waals surface area contributed by atoms with Crippen LogP contribution in [0.15, 0.2) is 40.9 Å². The number of hydrogen-bond acceptors (Lipinski definition) is 7. The minimum Gasteiger partial charge on any atom is -0.456 e. The molecule has 2 heterocycles. The average Bonchev–Trinajstić information content (AvgIpc) is 3.25. The van der Waals surface area contributed by atoms with Gasteiger partial charge < -0.3 is 9.26 Å². The topological polar surface area (TPSA) is 82.3 Å². The van der Waals surface area contributed by atoms with Gasteiger partial charge in [-0.2, -0.15) is 4.98 Å². The van der Waals surface area contributed by atoms with Crippen LogP contribution in [-0.4, -0.2) is 21.9 Å². The van der Waals surface area contributed by atoms with E-state index in [9.17, 15) is 9.59 Å². The lowest BCUT2D eigenvalue weighted by Crippen LogP contribution is -2.08. The Morgan fingerprint density at radius 1 is 1.15 bits per heavy atom. The molecule has 0 amide bonds. The summed E-state index contributed by atoms with van der Waals surface area (Å²) in [5.74, 6) is 0.137. The zero-order valence-electron chi connectivity index (χ0n) is 14.5. The first-order valence-electron chi connectivity index (χ1n) is 8.17. The van der Waals surface area contributed by atoms with Crippen molar-refractivity contribution in [3.8, 4) is 11.4 Å². The number of carbonyl (C=O) groups excluding carboxylic acids is 2. The highest BCUT2D eigenvalue weighted by atomic mass is 32.1. The molecule has 6 nitrogen and oxygen atoms in total. The third-order valence-electron chi connectivity index (χ3n) is 3.75. The number of nitrogens with zero attached hydrogens (tertiary/aromatic N) is 2. The van der Waals surface area contributed by atoms with E-state index in [1.807, 2.05) is 50.2 Å². The number of ketones is 1. The van der Waals surface area contributed by atoms with Gasteiger partial charge in [0.1, 0.15) is 0 Å². The molecule has 0 saturated heterocycles. The average molecular weight is 370 g/mol. The van der Waals surface area contributed by atoms with Gasteiger partial charge in [-0.3, -0.25) is 9.59 Å². The van der Waals surface area contributed by atoms with Gasteiger partial charge in [-0.05, 0) is 19.9 Å². The number of rotatable bonds is 7. The van der Waals surface area contributed by atoms with Crippen molar-refractivity contribution in [2.75, 3.05) is 0 Å². The van der Waals surface area contributed by atoms with Crippen molar-refractivity contribution >= 4 is 23.1 Å². The molecule has 2 aromatic heterocycles. The smallest absolute Gasteiger partial charge is 0.306 e. The molecule has 0 spiro atoms. The zero-order chi connectivity index (χ0) is 18.5. The summed E-state index contributed by atoms with van der Waals surface area (Å²) in [4.78, 5) is 30.3. The van der Waals surface area contributed by atoms with Crippen LogP contribution in [-0.2, 0) is 16.1 Å². The number of carbonyl (C=O) groups is 2. The van der Waals surface area contributed by atoms with Gasteiger partial charge in [0.15, 0.2) is 12.4 Å². The van der Waals surface area contributed by atoms with Gasteiger partial charge in [-0.25, -0.2) is 0 Å². The molecule has 0 aliphatic heterocycles. The molecule has 3 rings (SSSR count). The molecule has 0 bridgehead atoms. The van der Waals surface area contributed by atoms with Crippen LogP contribution >= 0.6 is 11.3 Å². The standard InChI is InChI=1S/C19H18N2O4S/c1-12-10-15(13(2)26-12)16(22)8-9-18(23)24-11-17-20-19(21-25-17)14-6-4-3-5-7-14/h3-7,10H,8-9,11H2,1-2H3. The van der Waals surface area contributed by atoms with Crippen molar-refractivity contribution in [1.82, 2.24) is 10.1 Å². The summed E-state index contributed by atoms with van der Waals surface area (Å²) in [6, 6.07) is 11.2. The predicted octanol–water partition coefficient (Wildman–Crippen LogP) is 4.12. The first-order chi connectivity index (χ1) is 12.5. The molecule has 0 atom stereocenters. The summed E-state index contributed by atoms with van der Waals surface area (Å²) in [6.45, 7) is 3.75. The lowest BCUT2D eigenvalue weighted by molar-refractivity contribution is -0.145. The number of aryl methyl sites for hydroxylation is 2. The molecule has 1 aromatic carbocycles. The Hall–Kier alpha value is -2.80. The Balaban J connectivity index is 1.48. The highest BCUT2D eigenvalue weighted by molar-refractivity contribution is 7.12. The van der Waals surface area contributed by atoms with E-state index in [2.05, 4.69) is 10.1 Å². The summed E-state index contributed by atoms with van der Waals surface area (Å²) in [5.41, 5.74) is 1.51. The fourth-order valence-electron chi connectivity index (χ4n) is 2.49. The summed E-state index contributed by atoms with van der Waals surface area (Å²) in [5, 5.41) is 3.86. The molecule has 3 aromatic rings. The minimum atomic E-state index is -0.470. The fourth-order valence-corrected chi connectivity index (χ4v) is 3.43. The van der Waals surface area contributed by atoms with Crippen LogP contribution in [0.1, 0.15) is 38.8 Å². The Bertz CT molecular complexity index is 915. The maximum Gasteiger partial charge on any atom is 0.306 e. The van der Waals surface area contributed by atoms with Gasteiger partial charge in [-0.1, -0.05) is 35.5 Å². The first-order valence-corrected chi connectivity index (χ1v) is 8.98. The summed E-state index contributed by atoms with van der Waals surface area (Å²) in [6.07, 6.45) is 0.141. The summed E-state index contributed by atoms with van der Waals surface area (Å²) >= 11 is 1.58. The molecule has 0 radical (unpaired) electrons. The summed E-state index contributed by atoms with van der Waals surface area (Å²) in [7, 11) is 0. The Morgan fingerprint density at radius 2 is 1.92 bits per heavy atom. The molecule has 0 N–H and O–H groups in total. The van der Waals surface area contributed by atoms with Gasteiger partial charge in [0.05, 0.1) is 6.42 Å². The Labute approximate surface area is 154 Å². The second kappa shape index (κ2) is 8.05. The maximum atomic E-state index is 12.2. The second-order valence-electron chi connectivity index (χ2n) is 5.79. The largest absolute Gasteiger partial charge is 0.456 e. The van der Waals surface area contributed by atoms with Crippen molar-refractivity contribution in [1.29, 1.82) is 0 Å². The van der Waals surface area contributed by atoms with Gasteiger partial charge >= 0.3 is 5.97 Å². The molecule has 134 valence electrons. The van der Waals surface area contributed by atoms with Crippen molar-refractivity contribution in [2.24, 2.45) is 0 Å². The number of aromatic nitrogens is 2. The summed E-state index contributed by atoms with van der Waals surface area (Å²) < 4.78 is 10.2. The minimum absolute atomic E-state index is 0.0207. The van der Waals surface area contributed by atoms with E-state index in [1.165, 1.54) is 0 Å². The number of esters is 1. The van der Waals surface area contributed by atoms with Gasteiger partial charge in [0.2, 0.25) is 5.82 Å². The van der Waals surface area contributed by atoms with Crippen molar-refractivity contribution < 1.29 is 18.8 Å². The third kappa shape index (κ3) is 4.43. The molecule has 26 heavy (non-hydrogen) atoms. The van der Waals surface area contributed by atoms with E-state index in [1.54, 1.807) is 11.3 Å². The van der Waals surface area contributed by atoms with Crippen LogP contribution in [0.5, 0.6) is 0 Å². The van der Waals surface area contributed by atoms with Gasteiger partial charge in [-0.15, -0.1) is 11.3 Å².